The second-order valence-corrected chi connectivity index (χ2v) is 9.42. The summed E-state index contributed by atoms with van der Waals surface area (Å²) in [5.74, 6) is -3.27. The molecule has 12 nitrogen and oxygen atoms in total. The van der Waals surface area contributed by atoms with Crippen molar-refractivity contribution in [2.75, 3.05) is 40.3 Å². The van der Waals surface area contributed by atoms with Crippen LogP contribution in [0.2, 0.25) is 5.82 Å². The second kappa shape index (κ2) is 9.78. The fraction of sp³-hybridized carbons (Fsp3) is 0.571. The van der Waals surface area contributed by atoms with Crippen LogP contribution in [0.25, 0.3) is 0 Å². The van der Waals surface area contributed by atoms with E-state index in [4.69, 9.17) is 10.5 Å². The van der Waals surface area contributed by atoms with Crippen LogP contribution in [0.3, 0.4) is 0 Å². The van der Waals surface area contributed by atoms with E-state index in [0.29, 0.717) is 25.1 Å². The molecular formula is C21H31BN4O8. The molecule has 13 heteroatoms. The van der Waals surface area contributed by atoms with E-state index >= 15 is 0 Å². The highest BCUT2D eigenvalue weighted by Gasteiger charge is 2.48. The number of hydrogen-bond donors (Lipinski definition) is 6. The Morgan fingerprint density at radius 1 is 1.29 bits per heavy atom. The molecule has 186 valence electrons. The maximum absolute atomic E-state index is 12.4. The lowest BCUT2D eigenvalue weighted by molar-refractivity contribution is -0.133. The van der Waals surface area contributed by atoms with Gasteiger partial charge < -0.3 is 40.9 Å². The Hall–Kier alpha value is -2.87. The van der Waals surface area contributed by atoms with Crippen LogP contribution in [-0.2, 0) is 9.59 Å². The quantitative estimate of drug-likeness (QED) is 0.214. The highest BCUT2D eigenvalue weighted by molar-refractivity contribution is 6.44. The fourth-order valence-corrected chi connectivity index (χ4v) is 4.05. The Morgan fingerprint density at radius 2 is 1.94 bits per heavy atom. The van der Waals surface area contributed by atoms with Crippen LogP contribution in [0.15, 0.2) is 12.1 Å². The van der Waals surface area contributed by atoms with E-state index in [1.165, 1.54) is 17.0 Å². The third-order valence-electron chi connectivity index (χ3n) is 6.19. The number of benzene rings is 1. The third kappa shape index (κ3) is 5.61. The summed E-state index contributed by atoms with van der Waals surface area (Å²) in [6, 6.07) is 3.00. The molecule has 3 rings (SSSR count). The number of nitrogens with one attached hydrogen (secondary N) is 1. The molecule has 0 bridgehead atoms. The largest absolute Gasteiger partial charge is 0.507 e. The number of nitrogens with two attached hydrogens (primary N) is 1. The van der Waals surface area contributed by atoms with Gasteiger partial charge in [-0.2, -0.15) is 0 Å². The number of phenols is 1. The van der Waals surface area contributed by atoms with Crippen molar-refractivity contribution in [3.63, 3.8) is 0 Å². The van der Waals surface area contributed by atoms with Gasteiger partial charge in [0.05, 0.1) is 6.54 Å². The summed E-state index contributed by atoms with van der Waals surface area (Å²) in [6.45, 7) is 2.39. The van der Waals surface area contributed by atoms with Gasteiger partial charge in [0.1, 0.15) is 28.7 Å². The van der Waals surface area contributed by atoms with Gasteiger partial charge in [-0.25, -0.2) is 4.79 Å². The third-order valence-corrected chi connectivity index (χ3v) is 6.19. The van der Waals surface area contributed by atoms with Crippen molar-refractivity contribution in [3.8, 4) is 11.5 Å². The number of amides is 2. The van der Waals surface area contributed by atoms with Crippen LogP contribution in [-0.4, -0.2) is 107 Å². The predicted molar refractivity (Wildman–Crippen MR) is 122 cm³/mol. The number of carboxylic acid groups (broad SMARTS) is 1. The number of ether oxygens (including phenoxy) is 1. The predicted octanol–water partition coefficient (Wildman–Crippen LogP) is -1.59. The number of nitrogens with zero attached hydrogens (tertiary/aromatic N) is 2. The lowest BCUT2D eigenvalue weighted by Gasteiger charge is -2.42. The molecule has 2 aliphatic rings. The number of rotatable bonds is 10. The zero-order chi connectivity index (χ0) is 25.4. The van der Waals surface area contributed by atoms with Crippen molar-refractivity contribution in [3.05, 3.63) is 23.3 Å². The molecule has 1 aliphatic carbocycles. The molecule has 0 aromatic heterocycles. The zero-order valence-electron chi connectivity index (χ0n) is 19.4. The highest BCUT2D eigenvalue weighted by atomic mass is 16.5. The summed E-state index contributed by atoms with van der Waals surface area (Å²) in [4.78, 5) is 39.0. The van der Waals surface area contributed by atoms with Crippen LogP contribution < -0.4 is 15.8 Å². The molecule has 2 amide bonds. The Kier molecular flexibility index (Phi) is 7.41. The van der Waals surface area contributed by atoms with Crippen molar-refractivity contribution >= 4 is 24.9 Å². The smallest absolute Gasteiger partial charge is 0.455 e. The molecule has 7 N–H and O–H groups in total. The van der Waals surface area contributed by atoms with Crippen molar-refractivity contribution in [1.82, 2.24) is 15.1 Å². The number of carboxylic acids is 1. The summed E-state index contributed by atoms with van der Waals surface area (Å²) in [7, 11) is 1.64. The number of carbonyl (C=O) groups excluding carboxylic acids is 2. The minimum absolute atomic E-state index is 0.00981. The molecule has 1 aromatic rings. The van der Waals surface area contributed by atoms with Crippen molar-refractivity contribution in [1.29, 1.82) is 0 Å². The summed E-state index contributed by atoms with van der Waals surface area (Å²) >= 11 is 0. The first-order valence-corrected chi connectivity index (χ1v) is 10.9. The fourth-order valence-electron chi connectivity index (χ4n) is 4.05. The lowest BCUT2D eigenvalue weighted by Crippen LogP contribution is -2.64. The molecule has 0 radical (unpaired) electrons. The summed E-state index contributed by atoms with van der Waals surface area (Å²) in [6.07, 6.45) is 0.0713. The lowest BCUT2D eigenvalue weighted by atomic mass is 9.81. The van der Waals surface area contributed by atoms with Crippen LogP contribution in [0, 0.1) is 0 Å². The molecule has 1 saturated carbocycles. The van der Waals surface area contributed by atoms with E-state index in [0.717, 1.165) is 0 Å². The average molecular weight is 478 g/mol. The summed E-state index contributed by atoms with van der Waals surface area (Å²) in [5, 5.41) is 41.3. The molecule has 0 spiro atoms. The molecule has 0 unspecified atom stereocenters. The monoisotopic (exact) mass is 478 g/mol. The molecule has 1 heterocycles. The molecule has 1 saturated heterocycles. The highest BCUT2D eigenvalue weighted by Crippen LogP contribution is 2.56. The molecular weight excluding hydrogens is 447 g/mol. The Balaban J connectivity index is 1.56. The van der Waals surface area contributed by atoms with E-state index in [9.17, 15) is 34.6 Å². The molecule has 1 aliphatic heterocycles. The van der Waals surface area contributed by atoms with Crippen LogP contribution in [0.1, 0.15) is 35.2 Å². The number of aromatic carboxylic acids is 1. The van der Waals surface area contributed by atoms with Crippen LogP contribution in [0.4, 0.5) is 0 Å². The summed E-state index contributed by atoms with van der Waals surface area (Å²) in [5.41, 5.74) is 4.85. The van der Waals surface area contributed by atoms with E-state index in [-0.39, 0.29) is 42.3 Å². The Bertz CT molecular complexity index is 964. The first-order chi connectivity index (χ1) is 15.8. The van der Waals surface area contributed by atoms with E-state index in [2.05, 4.69) is 5.32 Å². The van der Waals surface area contributed by atoms with E-state index in [1.807, 2.05) is 4.90 Å². The van der Waals surface area contributed by atoms with E-state index in [1.54, 1.807) is 21.0 Å². The normalized spacial score (nSPS) is 21.7. The van der Waals surface area contributed by atoms with Gasteiger partial charge in [0.2, 0.25) is 11.8 Å². The van der Waals surface area contributed by atoms with Gasteiger partial charge in [0, 0.05) is 39.5 Å². The van der Waals surface area contributed by atoms with Crippen LogP contribution in [0.5, 0.6) is 11.5 Å². The Morgan fingerprint density at radius 3 is 2.47 bits per heavy atom. The minimum atomic E-state index is -1.53. The van der Waals surface area contributed by atoms with Gasteiger partial charge in [-0.1, -0.05) is 6.07 Å². The first kappa shape index (κ1) is 25.8. The zero-order valence-corrected chi connectivity index (χ0v) is 19.4. The topological polar surface area (TPSA) is 186 Å². The van der Waals surface area contributed by atoms with Gasteiger partial charge in [-0.15, -0.1) is 0 Å². The maximum atomic E-state index is 12.4. The number of aromatic hydroxyl groups is 1. The van der Waals surface area contributed by atoms with Crippen molar-refractivity contribution < 1.29 is 39.4 Å². The standard InChI is InChI=1S/C21H31BN4O8/c1-21(23,20(31)24-7-16(27)25(2)3)10-26-8-11(9-26)34-15-5-4-12(13-6-14(13)22(32)33)18(28)17(15)19(29)30/h4-5,11,13-14,28,32-33H,6-10,23H2,1-3H3,(H,24,31)(H,29,30)/t13-,14-,21+/m1/s1. The average Bonchev–Trinajstić information content (AvgIpc) is 3.50. The number of likely N-dealkylation sites (tertiary alicyclic amines) is 1. The van der Waals surface area contributed by atoms with Crippen LogP contribution >= 0.6 is 0 Å². The number of carbonyl (C=O) groups is 3. The number of hydrogen-bond acceptors (Lipinski definition) is 9. The SMILES string of the molecule is CN(C)C(=O)CNC(=O)[C@@](C)(N)CN1CC(Oc2ccc([C@H]3C[C@H]3B(O)O)c(O)c2C(=O)O)C1. The van der Waals surface area contributed by atoms with Gasteiger partial charge in [0.25, 0.3) is 0 Å². The first-order valence-electron chi connectivity index (χ1n) is 10.9. The Labute approximate surface area is 197 Å². The van der Waals surface area contributed by atoms with Gasteiger partial charge in [0.15, 0.2) is 0 Å². The molecule has 1 aromatic carbocycles. The minimum Gasteiger partial charge on any atom is -0.507 e. The second-order valence-electron chi connectivity index (χ2n) is 9.42. The molecule has 34 heavy (non-hydrogen) atoms. The van der Waals surface area contributed by atoms with Crippen molar-refractivity contribution in [2.24, 2.45) is 5.73 Å². The molecule has 2 fully saturated rings. The maximum Gasteiger partial charge on any atom is 0.455 e. The summed E-state index contributed by atoms with van der Waals surface area (Å²) < 4.78 is 5.79. The van der Waals surface area contributed by atoms with Crippen molar-refractivity contribution in [2.45, 2.75) is 36.7 Å². The number of likely N-dealkylation sites (N-methyl/N-ethyl adjacent to an activating group) is 1. The van der Waals surface area contributed by atoms with Gasteiger partial charge >= 0.3 is 13.1 Å². The van der Waals surface area contributed by atoms with Gasteiger partial charge in [-0.05, 0) is 30.9 Å². The van der Waals surface area contributed by atoms with Gasteiger partial charge in [-0.3, -0.25) is 14.5 Å². The van der Waals surface area contributed by atoms with E-state index < -0.39 is 36.1 Å². The molecule has 3 atom stereocenters.